The zero-order valence-corrected chi connectivity index (χ0v) is 11.4. The van der Waals surface area contributed by atoms with Crippen molar-refractivity contribution in [2.24, 2.45) is 0 Å². The summed E-state index contributed by atoms with van der Waals surface area (Å²) in [6.07, 6.45) is 1.41. The third-order valence-electron chi connectivity index (χ3n) is 2.44. The lowest BCUT2D eigenvalue weighted by Gasteiger charge is -2.09. The van der Waals surface area contributed by atoms with Crippen LogP contribution in [0.2, 0.25) is 0 Å². The molecule has 0 saturated carbocycles. The summed E-state index contributed by atoms with van der Waals surface area (Å²) in [6.45, 7) is 1.67. The number of para-hydroxylation sites is 1. The van der Waals surface area contributed by atoms with Crippen LogP contribution in [0.5, 0.6) is 0 Å². The van der Waals surface area contributed by atoms with Crippen molar-refractivity contribution in [1.29, 1.82) is 0 Å². The van der Waals surface area contributed by atoms with Crippen LogP contribution < -0.4 is 5.32 Å². The van der Waals surface area contributed by atoms with E-state index >= 15 is 0 Å². The molecule has 1 aromatic carbocycles. The molecule has 98 valence electrons. The maximum atomic E-state index is 12.0. The highest BCUT2D eigenvalue weighted by Crippen LogP contribution is 2.27. The molecule has 0 bridgehead atoms. The number of amides is 1. The van der Waals surface area contributed by atoms with Crippen molar-refractivity contribution in [3.8, 4) is 0 Å². The molecule has 0 aliphatic rings. The summed E-state index contributed by atoms with van der Waals surface area (Å²) >= 11 is 3.20. The van der Waals surface area contributed by atoms with Gasteiger partial charge in [0.1, 0.15) is 0 Å². The number of carbonyl (C=O) groups excluding carboxylic acids is 1. The molecule has 6 nitrogen and oxygen atoms in total. The Labute approximate surface area is 116 Å². The fraction of sp³-hybridized carbons (Fsp3) is 0.0833. The fourth-order valence-corrected chi connectivity index (χ4v) is 1.97. The molecule has 2 aromatic rings. The van der Waals surface area contributed by atoms with E-state index < -0.39 is 11.9 Å². The van der Waals surface area contributed by atoms with Crippen molar-refractivity contribution in [2.45, 2.75) is 6.92 Å². The number of aromatic nitrogens is 1. The second-order valence-electron chi connectivity index (χ2n) is 3.76. The predicted octanol–water partition coefficient (Wildman–Crippen LogP) is 2.70. The number of aryl methyl sites for hydroxylation is 1. The minimum atomic E-state index is -1.13. The molecule has 1 amide bonds. The van der Waals surface area contributed by atoms with E-state index in [4.69, 9.17) is 9.63 Å². The zero-order valence-electron chi connectivity index (χ0n) is 9.81. The van der Waals surface area contributed by atoms with Gasteiger partial charge in [-0.1, -0.05) is 11.2 Å². The van der Waals surface area contributed by atoms with Crippen LogP contribution in [0.1, 0.15) is 26.5 Å². The molecule has 0 aliphatic heterocycles. The van der Waals surface area contributed by atoms with E-state index in [2.05, 4.69) is 26.4 Å². The molecule has 7 heteroatoms. The number of carboxylic acid groups (broad SMARTS) is 1. The maximum Gasteiger partial charge on any atom is 0.337 e. The minimum absolute atomic E-state index is 0.0140. The van der Waals surface area contributed by atoms with E-state index in [1.165, 1.54) is 12.3 Å². The van der Waals surface area contributed by atoms with E-state index in [0.29, 0.717) is 10.0 Å². The van der Waals surface area contributed by atoms with E-state index in [1.807, 2.05) is 0 Å². The van der Waals surface area contributed by atoms with E-state index in [9.17, 15) is 9.59 Å². The number of carboxylic acids is 1. The highest BCUT2D eigenvalue weighted by atomic mass is 79.9. The van der Waals surface area contributed by atoms with Gasteiger partial charge >= 0.3 is 5.97 Å². The molecular formula is C12H9BrN2O4. The Morgan fingerprint density at radius 1 is 1.42 bits per heavy atom. The molecule has 19 heavy (non-hydrogen) atoms. The van der Waals surface area contributed by atoms with Crippen molar-refractivity contribution in [2.75, 3.05) is 5.32 Å². The lowest BCUT2D eigenvalue weighted by molar-refractivity contribution is 0.0698. The Hall–Kier alpha value is -2.15. The van der Waals surface area contributed by atoms with Gasteiger partial charge in [0.15, 0.2) is 0 Å². The van der Waals surface area contributed by atoms with Crippen LogP contribution in [0.4, 0.5) is 5.69 Å². The Morgan fingerprint density at radius 2 is 2.16 bits per heavy atom. The van der Waals surface area contributed by atoms with Crippen molar-refractivity contribution < 1.29 is 19.2 Å². The van der Waals surface area contributed by atoms with Gasteiger partial charge in [0.25, 0.3) is 5.91 Å². The van der Waals surface area contributed by atoms with Gasteiger partial charge in [0.05, 0.1) is 17.4 Å². The lowest BCUT2D eigenvalue weighted by atomic mass is 10.1. The molecule has 0 spiro atoms. The molecule has 1 heterocycles. The average molecular weight is 325 g/mol. The summed E-state index contributed by atoms with van der Waals surface area (Å²) in [6, 6.07) is 4.61. The zero-order chi connectivity index (χ0) is 14.0. The van der Waals surface area contributed by atoms with Crippen molar-refractivity contribution in [3.63, 3.8) is 0 Å². The summed E-state index contributed by atoms with van der Waals surface area (Å²) in [7, 11) is 0. The van der Waals surface area contributed by atoms with E-state index in [1.54, 1.807) is 19.1 Å². The minimum Gasteiger partial charge on any atom is -0.478 e. The van der Waals surface area contributed by atoms with Crippen LogP contribution >= 0.6 is 15.9 Å². The van der Waals surface area contributed by atoms with Crippen molar-refractivity contribution in [1.82, 2.24) is 5.16 Å². The Bertz CT molecular complexity index is 651. The van der Waals surface area contributed by atoms with Crippen LogP contribution in [0.15, 0.2) is 33.4 Å². The second kappa shape index (κ2) is 5.23. The lowest BCUT2D eigenvalue weighted by Crippen LogP contribution is -2.15. The van der Waals surface area contributed by atoms with Gasteiger partial charge in [-0.05, 0) is 35.0 Å². The average Bonchev–Trinajstić information content (AvgIpc) is 2.77. The van der Waals surface area contributed by atoms with Gasteiger partial charge < -0.3 is 14.9 Å². The molecule has 1 aromatic heterocycles. The van der Waals surface area contributed by atoms with Gasteiger partial charge in [0, 0.05) is 10.0 Å². The van der Waals surface area contributed by atoms with Crippen molar-refractivity contribution in [3.05, 3.63) is 45.8 Å². The van der Waals surface area contributed by atoms with Crippen LogP contribution in [0, 0.1) is 6.92 Å². The maximum absolute atomic E-state index is 12.0. The first-order chi connectivity index (χ1) is 9.00. The Morgan fingerprint density at radius 3 is 2.74 bits per heavy atom. The van der Waals surface area contributed by atoms with Gasteiger partial charge in [-0.3, -0.25) is 4.79 Å². The molecule has 0 atom stereocenters. The Kier molecular flexibility index (Phi) is 3.66. The number of carbonyl (C=O) groups is 2. The third kappa shape index (κ3) is 2.65. The number of benzene rings is 1. The van der Waals surface area contributed by atoms with Gasteiger partial charge in [-0.25, -0.2) is 4.79 Å². The third-order valence-corrected chi connectivity index (χ3v) is 3.10. The monoisotopic (exact) mass is 324 g/mol. The number of halogens is 1. The van der Waals surface area contributed by atoms with Crippen molar-refractivity contribution >= 4 is 33.5 Å². The number of hydrogen-bond donors (Lipinski definition) is 2. The topological polar surface area (TPSA) is 92.4 Å². The first kappa shape index (κ1) is 13.3. The normalized spacial score (nSPS) is 10.2. The first-order valence-corrected chi connectivity index (χ1v) is 6.04. The molecule has 0 saturated heterocycles. The van der Waals surface area contributed by atoms with Gasteiger partial charge in [-0.15, -0.1) is 0 Å². The summed E-state index contributed by atoms with van der Waals surface area (Å²) in [5, 5.41) is 15.1. The SMILES string of the molecule is Cc1cnoc1C(=O)Nc1c(Br)cccc1C(=O)O. The molecule has 0 unspecified atom stereocenters. The number of anilines is 1. The van der Waals surface area contributed by atoms with Crippen LogP contribution in [-0.2, 0) is 0 Å². The highest BCUT2D eigenvalue weighted by Gasteiger charge is 2.19. The van der Waals surface area contributed by atoms with E-state index in [0.717, 1.165) is 0 Å². The largest absolute Gasteiger partial charge is 0.478 e. The summed E-state index contributed by atoms with van der Waals surface area (Å²) in [5.74, 6) is -1.64. The number of nitrogens with zero attached hydrogens (tertiary/aromatic N) is 1. The molecule has 2 rings (SSSR count). The fourth-order valence-electron chi connectivity index (χ4n) is 1.51. The van der Waals surface area contributed by atoms with Gasteiger partial charge in [-0.2, -0.15) is 0 Å². The summed E-state index contributed by atoms with van der Waals surface area (Å²) < 4.78 is 5.28. The Balaban J connectivity index is 2.36. The molecule has 0 fully saturated rings. The molecular weight excluding hydrogens is 316 g/mol. The molecule has 2 N–H and O–H groups in total. The molecule has 0 radical (unpaired) electrons. The van der Waals surface area contributed by atoms with Gasteiger partial charge in [0.2, 0.25) is 5.76 Å². The quantitative estimate of drug-likeness (QED) is 0.905. The smallest absolute Gasteiger partial charge is 0.337 e. The standard InChI is InChI=1S/C12H9BrN2O4/c1-6-5-14-19-10(6)11(16)15-9-7(12(17)18)3-2-4-8(9)13/h2-5H,1H3,(H,15,16)(H,17,18). The van der Waals surface area contributed by atoms with Crippen LogP contribution in [0.3, 0.4) is 0 Å². The molecule has 0 aliphatic carbocycles. The number of aromatic carboxylic acids is 1. The van der Waals surface area contributed by atoms with Crippen LogP contribution in [-0.4, -0.2) is 22.1 Å². The predicted molar refractivity (Wildman–Crippen MR) is 70.3 cm³/mol. The summed E-state index contributed by atoms with van der Waals surface area (Å²) in [5.41, 5.74) is 0.733. The second-order valence-corrected chi connectivity index (χ2v) is 4.61. The number of hydrogen-bond acceptors (Lipinski definition) is 4. The summed E-state index contributed by atoms with van der Waals surface area (Å²) in [4.78, 5) is 23.1. The number of rotatable bonds is 3. The van der Waals surface area contributed by atoms with E-state index in [-0.39, 0.29) is 17.0 Å². The van der Waals surface area contributed by atoms with Crippen LogP contribution in [0.25, 0.3) is 0 Å². The first-order valence-electron chi connectivity index (χ1n) is 5.25. The highest BCUT2D eigenvalue weighted by molar-refractivity contribution is 9.10. The number of nitrogens with one attached hydrogen (secondary N) is 1.